The molecule has 0 spiro atoms. The van der Waals surface area contributed by atoms with Crippen LogP contribution in [0.4, 0.5) is 0 Å². The third-order valence-corrected chi connectivity index (χ3v) is 2.35. The van der Waals surface area contributed by atoms with Crippen LogP contribution in [0.2, 0.25) is 0 Å². The molecule has 0 fully saturated rings. The zero-order chi connectivity index (χ0) is 8.55. The fraction of sp³-hybridized carbons (Fsp3) is 0.400. The average Bonchev–Trinajstić information content (AvgIpc) is 2.04. The molecule has 0 bridgehead atoms. The third-order valence-electron chi connectivity index (χ3n) is 2.35. The highest BCUT2D eigenvalue weighted by Crippen LogP contribution is 2.27. The van der Waals surface area contributed by atoms with E-state index in [1.165, 1.54) is 0 Å². The fourth-order valence-electron chi connectivity index (χ4n) is 1.78. The molecule has 0 atom stereocenters. The van der Waals surface area contributed by atoms with Crippen LogP contribution in [-0.2, 0) is 9.59 Å². The molecule has 2 nitrogen and oxygen atoms in total. The molecular formula is C10H10O2. The zero-order valence-electron chi connectivity index (χ0n) is 6.80. The van der Waals surface area contributed by atoms with E-state index in [1.807, 2.05) is 12.2 Å². The molecule has 0 aliphatic heterocycles. The number of rotatable bonds is 0. The summed E-state index contributed by atoms with van der Waals surface area (Å²) in [6.45, 7) is 0. The summed E-state index contributed by atoms with van der Waals surface area (Å²) in [5.41, 5.74) is 1.45. The predicted octanol–water partition coefficient (Wildman–Crippen LogP) is 1.56. The second-order valence-corrected chi connectivity index (χ2v) is 3.21. The van der Waals surface area contributed by atoms with Gasteiger partial charge in [0, 0.05) is 12.8 Å². The first-order valence-corrected chi connectivity index (χ1v) is 4.25. The van der Waals surface area contributed by atoms with Crippen LogP contribution in [0.5, 0.6) is 0 Å². The van der Waals surface area contributed by atoms with E-state index in [4.69, 9.17) is 0 Å². The Kier molecular flexibility index (Phi) is 1.68. The first-order valence-electron chi connectivity index (χ1n) is 4.25. The summed E-state index contributed by atoms with van der Waals surface area (Å²) in [4.78, 5) is 22.6. The van der Waals surface area contributed by atoms with Crippen molar-refractivity contribution in [3.05, 3.63) is 23.3 Å². The normalized spacial score (nSPS) is 23.0. The van der Waals surface area contributed by atoms with Crippen molar-refractivity contribution in [2.45, 2.75) is 25.7 Å². The summed E-state index contributed by atoms with van der Waals surface area (Å²) in [5, 5.41) is 0. The van der Waals surface area contributed by atoms with Crippen LogP contribution in [0.25, 0.3) is 0 Å². The van der Waals surface area contributed by atoms with Crippen molar-refractivity contribution in [2.75, 3.05) is 0 Å². The largest absolute Gasteiger partial charge is 0.294 e. The molecule has 0 aromatic heterocycles. The lowest BCUT2D eigenvalue weighted by Crippen LogP contribution is -2.20. The number of hydrogen-bond donors (Lipinski definition) is 0. The van der Waals surface area contributed by atoms with Crippen LogP contribution >= 0.6 is 0 Å². The van der Waals surface area contributed by atoms with Gasteiger partial charge in [0.25, 0.3) is 0 Å². The Balaban J connectivity index is 2.47. The minimum Gasteiger partial charge on any atom is -0.294 e. The molecule has 12 heavy (non-hydrogen) atoms. The van der Waals surface area contributed by atoms with Gasteiger partial charge in [0.05, 0.1) is 5.57 Å². The summed E-state index contributed by atoms with van der Waals surface area (Å²) in [6.07, 6.45) is 6.52. The molecule has 0 radical (unpaired) electrons. The molecule has 0 aromatic carbocycles. The van der Waals surface area contributed by atoms with Gasteiger partial charge in [-0.25, -0.2) is 0 Å². The molecule has 0 amide bonds. The van der Waals surface area contributed by atoms with E-state index in [1.54, 1.807) is 0 Å². The Morgan fingerprint density at radius 2 is 1.92 bits per heavy atom. The van der Waals surface area contributed by atoms with Crippen molar-refractivity contribution < 1.29 is 9.59 Å². The third kappa shape index (κ3) is 1.04. The molecular weight excluding hydrogens is 152 g/mol. The summed E-state index contributed by atoms with van der Waals surface area (Å²) in [7, 11) is 0. The number of carbonyl (C=O) groups is 2. The standard InChI is InChI=1S/C10H10O2/c11-8-5-1-3-7-4-2-6-9(12)10(7)8/h1,3H,2,4-6H2. The molecule has 0 saturated heterocycles. The number of Topliss-reactive ketones (excluding diaryl/α,β-unsaturated/α-hetero) is 2. The summed E-state index contributed by atoms with van der Waals surface area (Å²) >= 11 is 0. The van der Waals surface area contributed by atoms with Gasteiger partial charge in [-0.3, -0.25) is 9.59 Å². The highest BCUT2D eigenvalue weighted by molar-refractivity contribution is 6.22. The SMILES string of the molecule is O=C1CC=CC2=C1C(=O)CCC2. The minimum absolute atomic E-state index is 0.0113. The van der Waals surface area contributed by atoms with Crippen molar-refractivity contribution in [3.8, 4) is 0 Å². The maximum atomic E-state index is 11.3. The van der Waals surface area contributed by atoms with E-state index >= 15 is 0 Å². The Labute approximate surface area is 71.0 Å². The van der Waals surface area contributed by atoms with Crippen LogP contribution in [0, 0.1) is 0 Å². The number of carbonyl (C=O) groups excluding carboxylic acids is 2. The smallest absolute Gasteiger partial charge is 0.170 e. The van der Waals surface area contributed by atoms with Crippen molar-refractivity contribution in [1.82, 2.24) is 0 Å². The van der Waals surface area contributed by atoms with Crippen molar-refractivity contribution in [3.63, 3.8) is 0 Å². The number of ketones is 2. The summed E-state index contributed by atoms with van der Waals surface area (Å²) < 4.78 is 0. The first-order chi connectivity index (χ1) is 5.79. The van der Waals surface area contributed by atoms with Gasteiger partial charge in [-0.2, -0.15) is 0 Å². The highest BCUT2D eigenvalue weighted by Gasteiger charge is 2.25. The lowest BCUT2D eigenvalue weighted by molar-refractivity contribution is -0.121. The second-order valence-electron chi connectivity index (χ2n) is 3.21. The maximum absolute atomic E-state index is 11.3. The molecule has 0 unspecified atom stereocenters. The van der Waals surface area contributed by atoms with Gasteiger partial charge in [-0.05, 0) is 18.4 Å². The lowest BCUT2D eigenvalue weighted by atomic mass is 9.84. The topological polar surface area (TPSA) is 34.1 Å². The molecule has 62 valence electrons. The molecule has 0 saturated carbocycles. The van der Waals surface area contributed by atoms with Crippen LogP contribution in [-0.4, -0.2) is 11.6 Å². The first kappa shape index (κ1) is 7.47. The fourth-order valence-corrected chi connectivity index (χ4v) is 1.78. The van der Waals surface area contributed by atoms with Crippen LogP contribution in [0.3, 0.4) is 0 Å². The van der Waals surface area contributed by atoms with Gasteiger partial charge in [0.2, 0.25) is 0 Å². The van der Waals surface area contributed by atoms with Crippen LogP contribution in [0.1, 0.15) is 25.7 Å². The van der Waals surface area contributed by atoms with Gasteiger partial charge in [-0.15, -0.1) is 0 Å². The van der Waals surface area contributed by atoms with Gasteiger partial charge < -0.3 is 0 Å². The lowest BCUT2D eigenvalue weighted by Gasteiger charge is -2.18. The summed E-state index contributed by atoms with van der Waals surface area (Å²) in [5.74, 6) is 0.0581. The van der Waals surface area contributed by atoms with Gasteiger partial charge in [0.1, 0.15) is 0 Å². The average molecular weight is 162 g/mol. The van der Waals surface area contributed by atoms with Crippen molar-refractivity contribution in [1.29, 1.82) is 0 Å². The number of hydrogen-bond acceptors (Lipinski definition) is 2. The molecule has 0 heterocycles. The van der Waals surface area contributed by atoms with Crippen molar-refractivity contribution in [2.24, 2.45) is 0 Å². The molecule has 0 aromatic rings. The van der Waals surface area contributed by atoms with Gasteiger partial charge in [0.15, 0.2) is 11.6 Å². The van der Waals surface area contributed by atoms with Crippen LogP contribution in [0.15, 0.2) is 23.3 Å². The number of allylic oxidation sites excluding steroid dienone is 4. The minimum atomic E-state index is 0.0113. The monoisotopic (exact) mass is 162 g/mol. The van der Waals surface area contributed by atoms with E-state index in [0.29, 0.717) is 18.4 Å². The zero-order valence-corrected chi connectivity index (χ0v) is 6.80. The van der Waals surface area contributed by atoms with Crippen molar-refractivity contribution >= 4 is 11.6 Å². The Morgan fingerprint density at radius 3 is 2.67 bits per heavy atom. The van der Waals surface area contributed by atoms with Gasteiger partial charge >= 0.3 is 0 Å². The molecule has 2 aliphatic rings. The molecule has 2 aliphatic carbocycles. The second kappa shape index (κ2) is 2.70. The Bertz CT molecular complexity index is 308. The van der Waals surface area contributed by atoms with E-state index < -0.39 is 0 Å². The van der Waals surface area contributed by atoms with E-state index in [-0.39, 0.29) is 11.6 Å². The predicted molar refractivity (Wildman–Crippen MR) is 44.6 cm³/mol. The Morgan fingerprint density at radius 1 is 1.08 bits per heavy atom. The molecule has 0 N–H and O–H groups in total. The van der Waals surface area contributed by atoms with E-state index in [0.717, 1.165) is 18.4 Å². The van der Waals surface area contributed by atoms with Crippen LogP contribution < -0.4 is 0 Å². The molecule has 2 rings (SSSR count). The maximum Gasteiger partial charge on any atom is 0.170 e. The van der Waals surface area contributed by atoms with Gasteiger partial charge in [-0.1, -0.05) is 12.2 Å². The Hall–Kier alpha value is -1.18. The highest BCUT2D eigenvalue weighted by atomic mass is 16.1. The van der Waals surface area contributed by atoms with E-state index in [2.05, 4.69) is 0 Å². The summed E-state index contributed by atoms with van der Waals surface area (Å²) in [6, 6.07) is 0. The van der Waals surface area contributed by atoms with E-state index in [9.17, 15) is 9.59 Å². The quantitative estimate of drug-likeness (QED) is 0.506. The molecule has 2 heteroatoms.